The molecule has 8 heteroatoms. The fourth-order valence-electron chi connectivity index (χ4n) is 5.23. The zero-order chi connectivity index (χ0) is 28.8. The first-order valence-electron chi connectivity index (χ1n) is 14.1. The molecule has 1 unspecified atom stereocenters. The summed E-state index contributed by atoms with van der Waals surface area (Å²) >= 11 is 0. The third-order valence-corrected chi connectivity index (χ3v) is 7.36. The third-order valence-electron chi connectivity index (χ3n) is 7.36. The molecule has 0 bridgehead atoms. The van der Waals surface area contributed by atoms with E-state index in [9.17, 15) is 14.7 Å². The molecule has 1 atom stereocenters. The molecule has 2 fully saturated rings. The van der Waals surface area contributed by atoms with Crippen molar-refractivity contribution in [2.24, 2.45) is 0 Å². The van der Waals surface area contributed by atoms with Gasteiger partial charge >= 0.3 is 0 Å². The number of ether oxygens (including phenoxy) is 3. The Balaban J connectivity index is 1.53. The van der Waals surface area contributed by atoms with Crippen LogP contribution in [0.4, 0.5) is 0 Å². The quantitative estimate of drug-likeness (QED) is 0.205. The average Bonchev–Trinajstić information content (AvgIpc) is 3.25. The van der Waals surface area contributed by atoms with Gasteiger partial charge in [-0.05, 0) is 66.9 Å². The van der Waals surface area contributed by atoms with Gasteiger partial charge in [-0.2, -0.15) is 0 Å². The smallest absolute Gasteiger partial charge is 0.295 e. The van der Waals surface area contributed by atoms with Gasteiger partial charge in [0.1, 0.15) is 23.0 Å². The predicted octanol–water partition coefficient (Wildman–Crippen LogP) is 5.33. The molecule has 0 radical (unpaired) electrons. The van der Waals surface area contributed by atoms with Crippen molar-refractivity contribution in [3.05, 3.63) is 95.1 Å². The van der Waals surface area contributed by atoms with Crippen molar-refractivity contribution in [1.29, 1.82) is 0 Å². The van der Waals surface area contributed by atoms with E-state index in [1.165, 1.54) is 0 Å². The molecular formula is C33H36N2O6. The fraction of sp³-hybridized carbons (Fsp3) is 0.333. The molecule has 3 aromatic rings. The number of aliphatic hydroxyl groups is 1. The van der Waals surface area contributed by atoms with Gasteiger partial charge < -0.3 is 24.2 Å². The number of morpholine rings is 1. The van der Waals surface area contributed by atoms with Crippen LogP contribution in [0.15, 0.2) is 78.4 Å². The lowest BCUT2D eigenvalue weighted by Crippen LogP contribution is -2.42. The molecule has 41 heavy (non-hydrogen) atoms. The van der Waals surface area contributed by atoms with Gasteiger partial charge in [-0.3, -0.25) is 14.5 Å². The zero-order valence-electron chi connectivity index (χ0n) is 23.5. The van der Waals surface area contributed by atoms with Crippen LogP contribution in [-0.2, 0) is 14.3 Å². The Morgan fingerprint density at radius 2 is 1.71 bits per heavy atom. The summed E-state index contributed by atoms with van der Waals surface area (Å²) in [4.78, 5) is 30.8. The Morgan fingerprint density at radius 1 is 0.951 bits per heavy atom. The summed E-state index contributed by atoms with van der Waals surface area (Å²) in [5, 5.41) is 11.6. The van der Waals surface area contributed by atoms with Crippen LogP contribution in [0, 0.1) is 6.92 Å². The Hall–Kier alpha value is -4.14. The number of rotatable bonds is 10. The van der Waals surface area contributed by atoms with Crippen LogP contribution in [0.2, 0.25) is 0 Å². The summed E-state index contributed by atoms with van der Waals surface area (Å²) in [6.07, 6.45) is 0.877. The molecule has 0 aliphatic carbocycles. The van der Waals surface area contributed by atoms with Crippen molar-refractivity contribution < 1.29 is 28.9 Å². The van der Waals surface area contributed by atoms with Crippen LogP contribution in [0.25, 0.3) is 5.76 Å². The Morgan fingerprint density at radius 3 is 2.44 bits per heavy atom. The van der Waals surface area contributed by atoms with Crippen molar-refractivity contribution in [3.63, 3.8) is 0 Å². The highest BCUT2D eigenvalue weighted by atomic mass is 16.5. The third kappa shape index (κ3) is 6.45. The van der Waals surface area contributed by atoms with Gasteiger partial charge in [-0.1, -0.05) is 37.3 Å². The van der Waals surface area contributed by atoms with Crippen molar-refractivity contribution in [2.75, 3.05) is 46.0 Å². The lowest BCUT2D eigenvalue weighted by Gasteiger charge is -2.31. The number of para-hydroxylation sites is 1. The van der Waals surface area contributed by atoms with Crippen molar-refractivity contribution in [1.82, 2.24) is 9.80 Å². The number of aliphatic hydroxyl groups excluding tert-OH is 1. The molecular weight excluding hydrogens is 520 g/mol. The molecule has 214 valence electrons. The second kappa shape index (κ2) is 13.0. The van der Waals surface area contributed by atoms with Crippen molar-refractivity contribution in [3.8, 4) is 17.2 Å². The maximum Gasteiger partial charge on any atom is 0.295 e. The highest BCUT2D eigenvalue weighted by Crippen LogP contribution is 2.41. The van der Waals surface area contributed by atoms with Gasteiger partial charge in [-0.15, -0.1) is 0 Å². The van der Waals surface area contributed by atoms with Gasteiger partial charge in [0.25, 0.3) is 11.7 Å². The number of hydrogen-bond acceptors (Lipinski definition) is 7. The van der Waals surface area contributed by atoms with E-state index < -0.39 is 17.7 Å². The lowest BCUT2D eigenvalue weighted by molar-refractivity contribution is -0.140. The van der Waals surface area contributed by atoms with Crippen LogP contribution < -0.4 is 9.47 Å². The van der Waals surface area contributed by atoms with Gasteiger partial charge in [0.2, 0.25) is 0 Å². The van der Waals surface area contributed by atoms with Gasteiger partial charge in [0.05, 0.1) is 31.4 Å². The number of ketones is 1. The van der Waals surface area contributed by atoms with E-state index in [1.807, 2.05) is 68.4 Å². The minimum atomic E-state index is -0.772. The van der Waals surface area contributed by atoms with Gasteiger partial charge in [0.15, 0.2) is 0 Å². The predicted molar refractivity (Wildman–Crippen MR) is 156 cm³/mol. The maximum absolute atomic E-state index is 13.5. The molecule has 2 saturated heterocycles. The van der Waals surface area contributed by atoms with Crippen LogP contribution in [-0.4, -0.2) is 72.6 Å². The van der Waals surface area contributed by atoms with Gasteiger partial charge in [-0.25, -0.2) is 0 Å². The average molecular weight is 557 g/mol. The number of benzene rings is 3. The summed E-state index contributed by atoms with van der Waals surface area (Å²) in [5.41, 5.74) is 2.04. The van der Waals surface area contributed by atoms with E-state index in [0.29, 0.717) is 55.5 Å². The lowest BCUT2D eigenvalue weighted by atomic mass is 9.94. The van der Waals surface area contributed by atoms with Crippen LogP contribution in [0.1, 0.15) is 36.1 Å². The van der Waals surface area contributed by atoms with E-state index in [1.54, 1.807) is 23.1 Å². The molecule has 2 aliphatic rings. The second-order valence-electron chi connectivity index (χ2n) is 10.3. The number of Topliss-reactive ketones (excluding diaryl/α,β-unsaturated/α-hetero) is 1. The summed E-state index contributed by atoms with van der Waals surface area (Å²) in [6, 6.07) is 21.3. The standard InChI is InChI=1S/C33H36N2O6/c1-3-18-40-28-13-12-25(21-23(28)2)31(36)29-30(24-8-7-11-27(22-24)41-26-9-5-4-6-10-26)35(33(38)32(29)37)15-14-34-16-19-39-20-17-34/h4-13,21-22,30,36H,3,14-20H2,1-2H3/b31-29-. The highest BCUT2D eigenvalue weighted by Gasteiger charge is 2.46. The molecule has 2 aliphatic heterocycles. The molecule has 2 heterocycles. The monoisotopic (exact) mass is 556 g/mol. The number of aryl methyl sites for hydroxylation is 1. The topological polar surface area (TPSA) is 88.5 Å². The van der Waals surface area contributed by atoms with E-state index in [-0.39, 0.29) is 11.3 Å². The first kappa shape index (κ1) is 28.4. The highest BCUT2D eigenvalue weighted by molar-refractivity contribution is 6.46. The maximum atomic E-state index is 13.5. The Kier molecular flexibility index (Phi) is 9.01. The molecule has 5 rings (SSSR count). The molecule has 1 N–H and O–H groups in total. The van der Waals surface area contributed by atoms with E-state index in [4.69, 9.17) is 14.2 Å². The van der Waals surface area contributed by atoms with E-state index in [2.05, 4.69) is 4.90 Å². The summed E-state index contributed by atoms with van der Waals surface area (Å²) < 4.78 is 17.3. The molecule has 3 aromatic carbocycles. The second-order valence-corrected chi connectivity index (χ2v) is 10.3. The number of carbonyl (C=O) groups is 2. The first-order valence-corrected chi connectivity index (χ1v) is 14.1. The van der Waals surface area contributed by atoms with Gasteiger partial charge in [0, 0.05) is 31.7 Å². The zero-order valence-corrected chi connectivity index (χ0v) is 23.5. The van der Waals surface area contributed by atoms with E-state index in [0.717, 1.165) is 30.8 Å². The molecule has 0 saturated carbocycles. The number of hydrogen-bond donors (Lipinski definition) is 1. The van der Waals surface area contributed by atoms with Crippen molar-refractivity contribution >= 4 is 17.4 Å². The molecule has 8 nitrogen and oxygen atoms in total. The number of nitrogens with zero attached hydrogens (tertiary/aromatic N) is 2. The molecule has 0 spiro atoms. The SMILES string of the molecule is CCCOc1ccc(/C(O)=C2/C(=O)C(=O)N(CCN3CCOCC3)C2c2cccc(Oc3ccccc3)c2)cc1C. The van der Waals surface area contributed by atoms with Crippen LogP contribution in [0.3, 0.4) is 0 Å². The fourth-order valence-corrected chi connectivity index (χ4v) is 5.23. The van der Waals surface area contributed by atoms with Crippen molar-refractivity contribution in [2.45, 2.75) is 26.3 Å². The molecule has 0 aromatic heterocycles. The minimum Gasteiger partial charge on any atom is -0.507 e. The van der Waals surface area contributed by atoms with Crippen LogP contribution >= 0.6 is 0 Å². The largest absolute Gasteiger partial charge is 0.507 e. The van der Waals surface area contributed by atoms with Crippen LogP contribution in [0.5, 0.6) is 17.2 Å². The first-order chi connectivity index (χ1) is 20.0. The normalized spacial score (nSPS) is 19.0. The number of amides is 1. The number of carbonyl (C=O) groups excluding carboxylic acids is 2. The minimum absolute atomic E-state index is 0.0652. The Labute approximate surface area is 240 Å². The van der Waals surface area contributed by atoms with E-state index >= 15 is 0 Å². The summed E-state index contributed by atoms with van der Waals surface area (Å²) in [6.45, 7) is 8.24. The Bertz CT molecular complexity index is 1410. The number of likely N-dealkylation sites (tertiary alicyclic amines) is 1. The summed E-state index contributed by atoms with van der Waals surface area (Å²) in [5.74, 6) is 0.428. The summed E-state index contributed by atoms with van der Waals surface area (Å²) in [7, 11) is 0. The molecule has 1 amide bonds.